The van der Waals surface area contributed by atoms with Gasteiger partial charge in [0.1, 0.15) is 90.5 Å². The molecule has 22 nitrogen and oxygen atoms in total. The van der Waals surface area contributed by atoms with Crippen LogP contribution >= 0.6 is 0 Å². The summed E-state index contributed by atoms with van der Waals surface area (Å²) >= 11 is 0. The van der Waals surface area contributed by atoms with Gasteiger partial charge >= 0.3 is 5.97 Å². The molecule has 342 valence electrons. The van der Waals surface area contributed by atoms with Gasteiger partial charge in [0.2, 0.25) is 12.6 Å². The number of aromatic hydroxyl groups is 5. The lowest BCUT2D eigenvalue weighted by Gasteiger charge is -2.45. The Kier molecular flexibility index (Phi) is 13.9. The Morgan fingerprint density at radius 3 is 2.13 bits per heavy atom. The molecule has 15 atom stereocenters. The molecule has 3 saturated heterocycles. The van der Waals surface area contributed by atoms with E-state index in [4.69, 9.17) is 33.2 Å². The SMILES string of the molecule is O=C(/C=C\c1ccc(O)cc1)OC[C@H]1O[C@@H](OC2=Cc3c(O[C@@H]4O[C@H](CO)[C@@H](O)[C@H](O)[C@H]4O)cc(O)cc3[OH+]C2c2ccc(O)c(O)c2)[C@H](O[C@@H]2OC[C@@H](O)[C@H](O)[C@H]2O)[C@@H](O)[C@@H]1O. The lowest BCUT2D eigenvalue weighted by Crippen LogP contribution is -2.63. The predicted molar refractivity (Wildman–Crippen MR) is 207 cm³/mol. The number of fused-ring (bicyclic) bond motifs is 1. The van der Waals surface area contributed by atoms with Gasteiger partial charge < -0.3 is 104 Å². The molecular weight excluding hydrogens is 844 g/mol. The van der Waals surface area contributed by atoms with Crippen LogP contribution in [0.15, 0.2) is 66.4 Å². The highest BCUT2D eigenvalue weighted by Crippen LogP contribution is 2.47. The molecule has 4 heterocycles. The number of rotatable bonds is 12. The van der Waals surface area contributed by atoms with Crippen molar-refractivity contribution in [1.82, 2.24) is 0 Å². The summed E-state index contributed by atoms with van der Waals surface area (Å²) in [4.78, 5) is 12.7. The van der Waals surface area contributed by atoms with Crippen molar-refractivity contribution in [2.45, 2.75) is 92.1 Å². The summed E-state index contributed by atoms with van der Waals surface area (Å²) in [6.07, 6.45) is -22.1. The quantitative estimate of drug-likeness (QED) is 0.0389. The second-order valence-electron chi connectivity index (χ2n) is 15.1. The summed E-state index contributed by atoms with van der Waals surface area (Å²) in [5.41, 5.74) is 0.709. The van der Waals surface area contributed by atoms with E-state index in [1.807, 2.05) is 0 Å². The summed E-state index contributed by atoms with van der Waals surface area (Å²) in [6.45, 7) is -1.98. The summed E-state index contributed by atoms with van der Waals surface area (Å²) in [7, 11) is 0. The van der Waals surface area contributed by atoms with Crippen molar-refractivity contribution in [2.75, 3.05) is 19.8 Å². The number of aliphatic hydroxyl groups is 10. The number of esters is 1. The van der Waals surface area contributed by atoms with Crippen molar-refractivity contribution < 1.29 is 109 Å². The Labute approximate surface area is 356 Å². The molecule has 0 bridgehead atoms. The summed E-state index contributed by atoms with van der Waals surface area (Å²) in [5, 5.41) is 136. The molecule has 3 fully saturated rings. The van der Waals surface area contributed by atoms with Crippen LogP contribution in [-0.4, -0.2) is 183 Å². The van der Waals surface area contributed by atoms with Crippen LogP contribution in [0.25, 0.3) is 12.2 Å². The third-order valence-electron chi connectivity index (χ3n) is 10.7. The molecule has 1 unspecified atom stereocenters. The maximum Gasteiger partial charge on any atom is 0.330 e. The number of benzene rings is 3. The van der Waals surface area contributed by atoms with Crippen LogP contribution in [0.1, 0.15) is 22.8 Å². The molecule has 0 amide bonds. The van der Waals surface area contributed by atoms with E-state index in [1.54, 1.807) is 0 Å². The van der Waals surface area contributed by atoms with Crippen molar-refractivity contribution in [3.8, 4) is 34.5 Å². The molecule has 4 aliphatic heterocycles. The van der Waals surface area contributed by atoms with Crippen LogP contribution < -0.4 is 4.74 Å². The van der Waals surface area contributed by atoms with Gasteiger partial charge in [-0.3, -0.25) is 0 Å². The average Bonchev–Trinajstić information content (AvgIpc) is 3.26. The average molecular weight is 892 g/mol. The van der Waals surface area contributed by atoms with Crippen molar-refractivity contribution in [2.24, 2.45) is 0 Å². The number of phenolic OH excluding ortho intramolecular Hbond substituents is 4. The second-order valence-corrected chi connectivity index (χ2v) is 15.1. The third-order valence-corrected chi connectivity index (χ3v) is 10.7. The van der Waals surface area contributed by atoms with Gasteiger partial charge in [-0.2, -0.15) is 0 Å². The highest BCUT2D eigenvalue weighted by atomic mass is 16.8. The Morgan fingerprint density at radius 1 is 0.714 bits per heavy atom. The lowest BCUT2D eigenvalue weighted by atomic mass is 9.97. The highest BCUT2D eigenvalue weighted by molar-refractivity contribution is 5.87. The minimum atomic E-state index is -1.98. The minimum Gasteiger partial charge on any atom is -0.571 e. The van der Waals surface area contributed by atoms with E-state index in [1.165, 1.54) is 48.6 Å². The third kappa shape index (κ3) is 9.93. The normalized spacial score (nSPS) is 34.4. The van der Waals surface area contributed by atoms with Gasteiger partial charge in [0, 0.05) is 18.2 Å². The van der Waals surface area contributed by atoms with Crippen LogP contribution in [0.3, 0.4) is 0 Å². The van der Waals surface area contributed by atoms with Gasteiger partial charge in [0.15, 0.2) is 29.7 Å². The molecule has 0 saturated carbocycles. The first-order chi connectivity index (χ1) is 30.0. The van der Waals surface area contributed by atoms with E-state index in [0.29, 0.717) is 5.56 Å². The molecule has 0 aromatic heterocycles. The number of ether oxygens (including phenoxy) is 8. The first kappa shape index (κ1) is 45.7. The number of aliphatic hydroxyl groups excluding tert-OH is 9. The molecule has 4 aliphatic rings. The topological polar surface area (TPSA) is 357 Å². The van der Waals surface area contributed by atoms with Crippen LogP contribution in [0.2, 0.25) is 0 Å². The largest absolute Gasteiger partial charge is 0.571 e. The fourth-order valence-corrected chi connectivity index (χ4v) is 7.14. The van der Waals surface area contributed by atoms with Crippen LogP contribution in [0, 0.1) is 0 Å². The number of hydrogen-bond acceptors (Lipinski definition) is 21. The molecular formula is C41H47O22+. The number of carbonyl (C=O) groups excluding carboxylic acids is 1. The number of phenols is 4. The molecule has 63 heavy (non-hydrogen) atoms. The van der Waals surface area contributed by atoms with Crippen LogP contribution in [0.5, 0.6) is 34.5 Å². The van der Waals surface area contributed by atoms with Gasteiger partial charge in [-0.15, -0.1) is 0 Å². The summed E-state index contributed by atoms with van der Waals surface area (Å²) in [6, 6.07) is 11.8. The van der Waals surface area contributed by atoms with Gasteiger partial charge in [0.25, 0.3) is 11.9 Å². The van der Waals surface area contributed by atoms with E-state index in [9.17, 15) is 71.2 Å². The zero-order chi connectivity index (χ0) is 45.3. The second kappa shape index (κ2) is 19.2. The molecule has 0 radical (unpaired) electrons. The zero-order valence-electron chi connectivity index (χ0n) is 32.7. The molecule has 14 N–H and O–H groups in total. The first-order valence-electron chi connectivity index (χ1n) is 19.4. The van der Waals surface area contributed by atoms with E-state index in [-0.39, 0.29) is 34.1 Å². The Morgan fingerprint density at radius 2 is 1.41 bits per heavy atom. The maximum atomic E-state index is 12.7. The van der Waals surface area contributed by atoms with E-state index >= 15 is 0 Å². The Balaban J connectivity index is 1.23. The Bertz CT molecular complexity index is 2130. The standard InChI is InChI=1S/C41H46O22/c42-13-27-31(50)33(52)36(55)40(61-27)59-25-11-19(44)10-24-20(25)12-26(37(58-24)17-4-7-21(45)22(46)9-17)60-41-38(63-39-35(54)30(49)23(47)14-57-39)34(53)32(51)28(62-41)15-56-29(48)8-3-16-1-5-18(43)6-2-16/h1-12,23,27-28,30-47,49-55H,13-15H2/p+1/b8-3-/t23-,27-,28-,30+,31-,32-,33+,34+,35-,36-,37?,38-,39+,40-,41-/m1/s1. The molecule has 7 rings (SSSR count). The monoisotopic (exact) mass is 891 g/mol. The lowest BCUT2D eigenvalue weighted by molar-refractivity contribution is -0.353. The predicted octanol–water partition coefficient (Wildman–Crippen LogP) is -2.43. The van der Waals surface area contributed by atoms with Gasteiger partial charge in [-0.25, -0.2) is 4.79 Å². The molecule has 0 spiro atoms. The number of hydrogen-bond donors (Lipinski definition) is 13. The molecule has 3 aromatic carbocycles. The zero-order valence-corrected chi connectivity index (χ0v) is 32.7. The van der Waals surface area contributed by atoms with E-state index in [0.717, 1.165) is 24.3 Å². The smallest absolute Gasteiger partial charge is 0.330 e. The fraction of sp³-hybridized carbons (Fsp3) is 0.439. The van der Waals surface area contributed by atoms with Gasteiger partial charge in [0.05, 0.1) is 24.8 Å². The summed E-state index contributed by atoms with van der Waals surface area (Å²) in [5.74, 6) is -2.85. The van der Waals surface area contributed by atoms with Crippen molar-refractivity contribution in [3.05, 3.63) is 83.1 Å². The maximum absolute atomic E-state index is 12.7. The summed E-state index contributed by atoms with van der Waals surface area (Å²) < 4.78 is 45.1. The Hall–Kier alpha value is -5.31. The van der Waals surface area contributed by atoms with E-state index in [2.05, 4.69) is 4.74 Å². The van der Waals surface area contributed by atoms with Crippen LogP contribution in [-0.2, 0) is 33.2 Å². The van der Waals surface area contributed by atoms with Crippen LogP contribution in [0.4, 0.5) is 0 Å². The molecule has 3 aromatic rings. The van der Waals surface area contributed by atoms with Gasteiger partial charge in [-0.05, 0) is 42.0 Å². The molecule has 0 aliphatic carbocycles. The minimum absolute atomic E-state index is 0.00347. The van der Waals surface area contributed by atoms with E-state index < -0.39 is 135 Å². The van der Waals surface area contributed by atoms with Crippen molar-refractivity contribution in [3.63, 3.8) is 0 Å². The fourth-order valence-electron chi connectivity index (χ4n) is 7.14. The van der Waals surface area contributed by atoms with Gasteiger partial charge in [-0.1, -0.05) is 12.1 Å². The van der Waals surface area contributed by atoms with Crippen molar-refractivity contribution >= 4 is 18.1 Å². The number of carbonyl (C=O) groups is 1. The van der Waals surface area contributed by atoms with Crippen molar-refractivity contribution in [1.29, 1.82) is 0 Å². The molecule has 22 heteroatoms. The highest BCUT2D eigenvalue weighted by Gasteiger charge is 2.52. The first-order valence-corrected chi connectivity index (χ1v) is 19.4.